The molecular formula is C27H19FN2O2. The summed E-state index contributed by atoms with van der Waals surface area (Å²) in [5.74, 6) is -1.19. The van der Waals surface area contributed by atoms with Crippen LogP contribution in [-0.4, -0.2) is 16.3 Å². The van der Waals surface area contributed by atoms with E-state index in [2.05, 4.69) is 5.32 Å². The highest BCUT2D eigenvalue weighted by Crippen LogP contribution is 2.26. The largest absolute Gasteiger partial charge is 0.337 e. The molecule has 5 heteroatoms. The second-order valence-corrected chi connectivity index (χ2v) is 7.57. The molecule has 1 amide bonds. The molecule has 0 saturated heterocycles. The fraction of sp³-hybridized carbons (Fsp3) is 0.0370. The van der Waals surface area contributed by atoms with Gasteiger partial charge in [-0.05, 0) is 29.7 Å². The van der Waals surface area contributed by atoms with Gasteiger partial charge < -0.3 is 9.88 Å². The minimum Gasteiger partial charge on any atom is -0.337 e. The smallest absolute Gasteiger partial charge is 0.244 e. The van der Waals surface area contributed by atoms with Crippen LogP contribution in [0.5, 0.6) is 0 Å². The molecule has 0 atom stereocenters. The molecule has 0 fully saturated rings. The Balaban J connectivity index is 1.48. The first kappa shape index (κ1) is 19.7. The Kier molecular flexibility index (Phi) is 5.00. The molecule has 0 saturated carbocycles. The summed E-state index contributed by atoms with van der Waals surface area (Å²) < 4.78 is 15.9. The molecule has 0 aliphatic heterocycles. The molecule has 0 aliphatic carbocycles. The van der Waals surface area contributed by atoms with E-state index in [1.165, 1.54) is 12.1 Å². The van der Waals surface area contributed by atoms with Crippen LogP contribution in [0.4, 0.5) is 10.1 Å². The van der Waals surface area contributed by atoms with Crippen LogP contribution in [0.3, 0.4) is 0 Å². The Hall–Kier alpha value is -4.25. The van der Waals surface area contributed by atoms with Crippen molar-refractivity contribution in [3.63, 3.8) is 0 Å². The number of nitrogens with one attached hydrogen (secondary N) is 1. The van der Waals surface area contributed by atoms with Crippen LogP contribution >= 0.6 is 0 Å². The molecule has 1 aromatic heterocycles. The van der Waals surface area contributed by atoms with Crippen molar-refractivity contribution in [1.29, 1.82) is 0 Å². The minimum atomic E-state index is -0.567. The summed E-state index contributed by atoms with van der Waals surface area (Å²) in [5, 5.41) is 5.64. The van der Waals surface area contributed by atoms with Crippen molar-refractivity contribution in [3.05, 3.63) is 114 Å². The summed E-state index contributed by atoms with van der Waals surface area (Å²) >= 11 is 0. The van der Waals surface area contributed by atoms with Crippen molar-refractivity contribution >= 4 is 39.1 Å². The van der Waals surface area contributed by atoms with Crippen molar-refractivity contribution < 1.29 is 14.0 Å². The zero-order valence-corrected chi connectivity index (χ0v) is 17.1. The first-order chi connectivity index (χ1) is 15.6. The van der Waals surface area contributed by atoms with Crippen LogP contribution in [0.1, 0.15) is 15.9 Å². The second-order valence-electron chi connectivity index (χ2n) is 7.57. The van der Waals surface area contributed by atoms with Crippen molar-refractivity contribution in [2.24, 2.45) is 0 Å². The summed E-state index contributed by atoms with van der Waals surface area (Å²) in [6, 6.07) is 26.8. The van der Waals surface area contributed by atoms with Gasteiger partial charge in [0.25, 0.3) is 0 Å². The van der Waals surface area contributed by atoms with Crippen molar-refractivity contribution in [1.82, 2.24) is 4.57 Å². The lowest BCUT2D eigenvalue weighted by molar-refractivity contribution is -0.116. The lowest BCUT2D eigenvalue weighted by atomic mass is 10.0. The Morgan fingerprint density at radius 3 is 2.28 bits per heavy atom. The Bertz CT molecular complexity index is 1480. The number of fused-ring (bicyclic) bond motifs is 2. The third-order valence-corrected chi connectivity index (χ3v) is 5.53. The maximum absolute atomic E-state index is 14.2. The van der Waals surface area contributed by atoms with Crippen LogP contribution in [-0.2, 0) is 11.3 Å². The number of hydrogen-bond acceptors (Lipinski definition) is 2. The monoisotopic (exact) mass is 422 g/mol. The molecule has 0 radical (unpaired) electrons. The van der Waals surface area contributed by atoms with E-state index in [0.29, 0.717) is 10.9 Å². The number of para-hydroxylation sites is 1. The highest BCUT2D eigenvalue weighted by atomic mass is 19.1. The standard InChI is InChI=1S/C27H19FN2O2/c28-23-13-5-3-12-21(23)27(32)22-16-30(25-15-6-4-11-20(22)25)17-26(31)29-24-14-7-9-18-8-1-2-10-19(18)24/h1-16H,17H2,(H,29,31). The van der Waals surface area contributed by atoms with E-state index < -0.39 is 11.6 Å². The number of nitrogens with zero attached hydrogens (tertiary/aromatic N) is 1. The third kappa shape index (κ3) is 3.54. The summed E-state index contributed by atoms with van der Waals surface area (Å²) in [5.41, 5.74) is 1.84. The van der Waals surface area contributed by atoms with Crippen LogP contribution in [0.25, 0.3) is 21.7 Å². The number of hydrogen-bond donors (Lipinski definition) is 1. The topological polar surface area (TPSA) is 51.1 Å². The number of carbonyl (C=O) groups is 2. The predicted molar refractivity (Wildman–Crippen MR) is 124 cm³/mol. The van der Waals surface area contributed by atoms with E-state index in [4.69, 9.17) is 0 Å². The number of carbonyl (C=O) groups excluding carboxylic acids is 2. The molecule has 1 N–H and O–H groups in total. The Morgan fingerprint density at radius 2 is 1.44 bits per heavy atom. The van der Waals surface area contributed by atoms with Gasteiger partial charge in [0, 0.05) is 33.7 Å². The van der Waals surface area contributed by atoms with Crippen molar-refractivity contribution in [2.75, 3.05) is 5.32 Å². The van der Waals surface area contributed by atoms with Crippen LogP contribution in [0.2, 0.25) is 0 Å². The molecular weight excluding hydrogens is 403 g/mol. The molecule has 1 heterocycles. The van der Waals surface area contributed by atoms with Gasteiger partial charge in [0.05, 0.1) is 5.56 Å². The molecule has 0 aliphatic rings. The van der Waals surface area contributed by atoms with E-state index in [-0.39, 0.29) is 18.0 Å². The normalized spacial score (nSPS) is 11.0. The van der Waals surface area contributed by atoms with Gasteiger partial charge in [-0.15, -0.1) is 0 Å². The van der Waals surface area contributed by atoms with Gasteiger partial charge in [0.15, 0.2) is 5.78 Å². The van der Waals surface area contributed by atoms with Crippen LogP contribution in [0.15, 0.2) is 97.2 Å². The highest BCUT2D eigenvalue weighted by Gasteiger charge is 2.20. The highest BCUT2D eigenvalue weighted by molar-refractivity contribution is 6.16. The second kappa shape index (κ2) is 8.12. The fourth-order valence-electron chi connectivity index (χ4n) is 4.03. The van der Waals surface area contributed by atoms with Crippen LogP contribution < -0.4 is 5.32 Å². The van der Waals surface area contributed by atoms with E-state index in [0.717, 1.165) is 22.0 Å². The summed E-state index contributed by atoms with van der Waals surface area (Å²) in [7, 11) is 0. The van der Waals surface area contributed by atoms with Crippen molar-refractivity contribution in [3.8, 4) is 0 Å². The molecule has 0 spiro atoms. The minimum absolute atomic E-state index is 0.00982. The average molecular weight is 422 g/mol. The summed E-state index contributed by atoms with van der Waals surface area (Å²) in [6.45, 7) is 0.0221. The van der Waals surface area contributed by atoms with Gasteiger partial charge in [0.1, 0.15) is 12.4 Å². The van der Waals surface area contributed by atoms with E-state index in [9.17, 15) is 14.0 Å². The lowest BCUT2D eigenvalue weighted by Gasteiger charge is -2.10. The first-order valence-electron chi connectivity index (χ1n) is 10.3. The molecule has 156 valence electrons. The summed E-state index contributed by atoms with van der Waals surface area (Å²) in [4.78, 5) is 26.0. The summed E-state index contributed by atoms with van der Waals surface area (Å²) in [6.07, 6.45) is 1.63. The maximum atomic E-state index is 14.2. The van der Waals surface area contributed by atoms with Gasteiger partial charge in [0.2, 0.25) is 5.91 Å². The molecule has 4 nitrogen and oxygen atoms in total. The number of halogens is 1. The number of rotatable bonds is 5. The Morgan fingerprint density at radius 1 is 0.750 bits per heavy atom. The molecule has 0 unspecified atom stereocenters. The maximum Gasteiger partial charge on any atom is 0.244 e. The number of amides is 1. The zero-order chi connectivity index (χ0) is 22.1. The SMILES string of the molecule is O=C(Cn1cc(C(=O)c2ccccc2F)c2ccccc21)Nc1cccc2ccccc12. The molecule has 0 bridgehead atoms. The van der Waals surface area contributed by atoms with Crippen LogP contribution in [0, 0.1) is 5.82 Å². The molecule has 5 aromatic rings. The number of aromatic nitrogens is 1. The predicted octanol–water partition coefficient (Wildman–Crippen LogP) is 5.80. The first-order valence-corrected chi connectivity index (χ1v) is 10.3. The number of anilines is 1. The van der Waals surface area contributed by atoms with Gasteiger partial charge in [-0.25, -0.2) is 4.39 Å². The van der Waals surface area contributed by atoms with Gasteiger partial charge in [-0.2, -0.15) is 0 Å². The number of benzene rings is 4. The van der Waals surface area contributed by atoms with E-state index in [1.807, 2.05) is 66.7 Å². The fourth-order valence-corrected chi connectivity index (χ4v) is 4.03. The quantitative estimate of drug-likeness (QED) is 0.364. The average Bonchev–Trinajstić information content (AvgIpc) is 3.17. The molecule has 5 rings (SSSR count). The van der Waals surface area contributed by atoms with Gasteiger partial charge in [-0.1, -0.05) is 66.7 Å². The van der Waals surface area contributed by atoms with Gasteiger partial charge in [-0.3, -0.25) is 9.59 Å². The number of ketones is 1. The zero-order valence-electron chi connectivity index (χ0n) is 17.1. The van der Waals surface area contributed by atoms with Crippen molar-refractivity contribution in [2.45, 2.75) is 6.54 Å². The third-order valence-electron chi connectivity index (χ3n) is 5.53. The van der Waals surface area contributed by atoms with Gasteiger partial charge >= 0.3 is 0 Å². The molecule has 4 aromatic carbocycles. The van der Waals surface area contributed by atoms with E-state index in [1.54, 1.807) is 22.9 Å². The Labute approximate surface area is 183 Å². The molecule has 32 heavy (non-hydrogen) atoms. The lowest BCUT2D eigenvalue weighted by Crippen LogP contribution is -2.18. The van der Waals surface area contributed by atoms with E-state index >= 15 is 0 Å².